The van der Waals surface area contributed by atoms with Gasteiger partial charge in [0.05, 0.1) is 18.4 Å². The van der Waals surface area contributed by atoms with Crippen LogP contribution in [0.5, 0.6) is 5.75 Å². The van der Waals surface area contributed by atoms with Gasteiger partial charge in [-0.05, 0) is 31.2 Å². The summed E-state index contributed by atoms with van der Waals surface area (Å²) in [5.74, 6) is 2.01. The molecule has 162 valence electrons. The maximum atomic E-state index is 12.8. The number of amides is 1. The quantitative estimate of drug-likeness (QED) is 0.528. The smallest absolute Gasteiger partial charge is 0.233 e. The van der Waals surface area contributed by atoms with E-state index in [1.54, 1.807) is 7.11 Å². The van der Waals surface area contributed by atoms with Crippen LogP contribution in [0.2, 0.25) is 0 Å². The predicted molar refractivity (Wildman–Crippen MR) is 124 cm³/mol. The number of piperazine rings is 1. The van der Waals surface area contributed by atoms with E-state index in [1.807, 2.05) is 51.9 Å². The van der Waals surface area contributed by atoms with E-state index in [9.17, 15) is 4.79 Å². The number of benzene rings is 2. The fourth-order valence-corrected chi connectivity index (χ4v) is 4.68. The summed E-state index contributed by atoms with van der Waals surface area (Å²) in [5.41, 5.74) is 2.11. The average molecular weight is 438 g/mol. The number of hydrogen-bond donors (Lipinski definition) is 0. The first kappa shape index (κ1) is 21.2. The number of para-hydroxylation sites is 2. The number of carbonyl (C=O) groups is 1. The average Bonchev–Trinajstić information content (AvgIpc) is 3.25. The maximum absolute atomic E-state index is 12.8. The molecule has 1 aliphatic rings. The van der Waals surface area contributed by atoms with Crippen LogP contribution in [-0.4, -0.2) is 64.6 Å². The summed E-state index contributed by atoms with van der Waals surface area (Å²) in [4.78, 5) is 17.1. The largest absolute Gasteiger partial charge is 0.496 e. The van der Waals surface area contributed by atoms with Crippen LogP contribution in [-0.2, 0) is 11.3 Å². The molecule has 1 aromatic heterocycles. The number of thioether (sulfide) groups is 1. The molecule has 2 heterocycles. The van der Waals surface area contributed by atoms with E-state index in [4.69, 9.17) is 4.74 Å². The molecule has 0 aliphatic carbocycles. The second kappa shape index (κ2) is 9.87. The minimum atomic E-state index is 0.141. The Bertz CT molecular complexity index is 1020. The van der Waals surface area contributed by atoms with E-state index in [0.29, 0.717) is 12.3 Å². The van der Waals surface area contributed by atoms with Gasteiger partial charge < -0.3 is 19.1 Å². The van der Waals surface area contributed by atoms with E-state index in [2.05, 4.69) is 34.2 Å². The minimum Gasteiger partial charge on any atom is -0.496 e. The first-order chi connectivity index (χ1) is 15.2. The van der Waals surface area contributed by atoms with E-state index < -0.39 is 0 Å². The Morgan fingerprint density at radius 3 is 2.42 bits per heavy atom. The van der Waals surface area contributed by atoms with Gasteiger partial charge in [0, 0.05) is 38.4 Å². The highest BCUT2D eigenvalue weighted by molar-refractivity contribution is 7.99. The second-order valence-electron chi connectivity index (χ2n) is 7.24. The van der Waals surface area contributed by atoms with Crippen LogP contribution in [0.15, 0.2) is 59.8 Å². The molecule has 0 atom stereocenters. The molecule has 7 nitrogen and oxygen atoms in total. The lowest BCUT2D eigenvalue weighted by Crippen LogP contribution is -2.49. The Morgan fingerprint density at radius 1 is 1.00 bits per heavy atom. The molecule has 0 N–H and O–H groups in total. The van der Waals surface area contributed by atoms with Gasteiger partial charge in [-0.15, -0.1) is 10.2 Å². The van der Waals surface area contributed by atoms with Crippen molar-refractivity contribution >= 4 is 23.4 Å². The highest BCUT2D eigenvalue weighted by Gasteiger charge is 2.23. The van der Waals surface area contributed by atoms with E-state index >= 15 is 0 Å². The summed E-state index contributed by atoms with van der Waals surface area (Å²) >= 11 is 1.44. The molecule has 3 aromatic rings. The number of aromatic nitrogens is 3. The highest BCUT2D eigenvalue weighted by Crippen LogP contribution is 2.31. The molecule has 31 heavy (non-hydrogen) atoms. The van der Waals surface area contributed by atoms with Gasteiger partial charge in [0.15, 0.2) is 11.0 Å². The van der Waals surface area contributed by atoms with Crippen LogP contribution in [0, 0.1) is 0 Å². The van der Waals surface area contributed by atoms with Crippen LogP contribution in [0.3, 0.4) is 0 Å². The molecule has 1 amide bonds. The number of methoxy groups -OCH3 is 1. The maximum Gasteiger partial charge on any atom is 0.233 e. The summed E-state index contributed by atoms with van der Waals surface area (Å²) in [5, 5.41) is 9.48. The third kappa shape index (κ3) is 4.69. The molecule has 1 fully saturated rings. The normalized spacial score (nSPS) is 14.0. The van der Waals surface area contributed by atoms with E-state index in [1.165, 1.54) is 17.4 Å². The van der Waals surface area contributed by atoms with Crippen molar-refractivity contribution in [1.29, 1.82) is 0 Å². The van der Waals surface area contributed by atoms with Crippen LogP contribution < -0.4 is 9.64 Å². The summed E-state index contributed by atoms with van der Waals surface area (Å²) in [6.45, 7) is 5.94. The zero-order valence-electron chi connectivity index (χ0n) is 17.9. The van der Waals surface area contributed by atoms with Crippen molar-refractivity contribution in [2.45, 2.75) is 18.6 Å². The number of nitrogens with zero attached hydrogens (tertiary/aromatic N) is 5. The zero-order valence-corrected chi connectivity index (χ0v) is 18.7. The SMILES string of the molecule is CCn1c(SCC(=O)N2CCN(c3ccccc3)CC2)nnc1-c1ccccc1OC. The summed E-state index contributed by atoms with van der Waals surface area (Å²) < 4.78 is 7.50. The van der Waals surface area contributed by atoms with Crippen LogP contribution in [0.4, 0.5) is 5.69 Å². The molecule has 0 bridgehead atoms. The Balaban J connectivity index is 1.37. The highest BCUT2D eigenvalue weighted by atomic mass is 32.2. The molecule has 0 saturated carbocycles. The van der Waals surface area contributed by atoms with Gasteiger partial charge in [0.2, 0.25) is 5.91 Å². The topological polar surface area (TPSA) is 63.5 Å². The number of rotatable bonds is 7. The number of hydrogen-bond acceptors (Lipinski definition) is 6. The molecule has 8 heteroatoms. The van der Waals surface area contributed by atoms with Crippen LogP contribution in [0.1, 0.15) is 6.92 Å². The molecule has 0 spiro atoms. The third-order valence-electron chi connectivity index (χ3n) is 5.46. The van der Waals surface area contributed by atoms with Crippen molar-refractivity contribution in [3.63, 3.8) is 0 Å². The van der Waals surface area contributed by atoms with Crippen molar-refractivity contribution in [3.8, 4) is 17.1 Å². The van der Waals surface area contributed by atoms with Gasteiger partial charge in [-0.25, -0.2) is 0 Å². The van der Waals surface area contributed by atoms with E-state index in [0.717, 1.165) is 48.5 Å². The number of ether oxygens (including phenoxy) is 1. The zero-order chi connectivity index (χ0) is 21.6. The molecule has 0 radical (unpaired) electrons. The van der Waals surface area contributed by atoms with Crippen molar-refractivity contribution in [1.82, 2.24) is 19.7 Å². The molecule has 0 unspecified atom stereocenters. The minimum absolute atomic E-state index is 0.141. The molecule has 2 aromatic carbocycles. The molecule has 1 saturated heterocycles. The van der Waals surface area contributed by atoms with Crippen molar-refractivity contribution in [2.24, 2.45) is 0 Å². The molecule has 1 aliphatic heterocycles. The van der Waals surface area contributed by atoms with Crippen molar-refractivity contribution < 1.29 is 9.53 Å². The Labute approximate surface area is 187 Å². The van der Waals surface area contributed by atoms with Gasteiger partial charge in [0.25, 0.3) is 0 Å². The first-order valence-corrected chi connectivity index (χ1v) is 11.5. The standard InChI is InChI=1S/C23H27N5O2S/c1-3-28-22(19-11-7-8-12-20(19)30-2)24-25-23(28)31-17-21(29)27-15-13-26(14-16-27)18-9-5-4-6-10-18/h4-12H,3,13-17H2,1-2H3. The number of carbonyl (C=O) groups excluding carboxylic acids is 1. The van der Waals surface area contributed by atoms with E-state index in [-0.39, 0.29) is 5.91 Å². The summed E-state index contributed by atoms with van der Waals surface area (Å²) in [7, 11) is 1.65. The lowest BCUT2D eigenvalue weighted by atomic mass is 10.2. The van der Waals surface area contributed by atoms with Gasteiger partial charge in [0.1, 0.15) is 5.75 Å². The van der Waals surface area contributed by atoms with Gasteiger partial charge in [-0.1, -0.05) is 42.1 Å². The lowest BCUT2D eigenvalue weighted by molar-refractivity contribution is -0.128. The molecular weight excluding hydrogens is 410 g/mol. The first-order valence-electron chi connectivity index (χ1n) is 10.5. The third-order valence-corrected chi connectivity index (χ3v) is 6.41. The van der Waals surface area contributed by atoms with Crippen molar-refractivity contribution in [2.75, 3.05) is 43.9 Å². The monoisotopic (exact) mass is 437 g/mol. The van der Waals surface area contributed by atoms with Gasteiger partial charge in [-0.3, -0.25) is 4.79 Å². The number of anilines is 1. The fraction of sp³-hybridized carbons (Fsp3) is 0.348. The molecular formula is C23H27N5O2S. The Hall–Kier alpha value is -3.00. The van der Waals surface area contributed by atoms with Crippen LogP contribution >= 0.6 is 11.8 Å². The summed E-state index contributed by atoms with van der Waals surface area (Å²) in [6, 6.07) is 18.1. The van der Waals surface area contributed by atoms with Gasteiger partial charge in [-0.2, -0.15) is 0 Å². The molecule has 4 rings (SSSR count). The summed E-state index contributed by atoms with van der Waals surface area (Å²) in [6.07, 6.45) is 0. The lowest BCUT2D eigenvalue weighted by Gasteiger charge is -2.36. The Kier molecular flexibility index (Phi) is 6.76. The fourth-order valence-electron chi connectivity index (χ4n) is 3.78. The second-order valence-corrected chi connectivity index (χ2v) is 8.19. The van der Waals surface area contributed by atoms with Gasteiger partial charge >= 0.3 is 0 Å². The van der Waals surface area contributed by atoms with Crippen LogP contribution in [0.25, 0.3) is 11.4 Å². The predicted octanol–water partition coefficient (Wildman–Crippen LogP) is 3.41. The Morgan fingerprint density at radius 2 is 1.71 bits per heavy atom. The van der Waals surface area contributed by atoms with Crippen molar-refractivity contribution in [3.05, 3.63) is 54.6 Å².